The molecule has 0 aromatic carbocycles. The zero-order valence-corrected chi connectivity index (χ0v) is 9.72. The van der Waals surface area contributed by atoms with Gasteiger partial charge < -0.3 is 5.32 Å². The Morgan fingerprint density at radius 2 is 1.93 bits per heavy atom. The largest absolute Gasteiger partial charge is 0.349 e. The monoisotopic (exact) mass is 227 g/mol. The van der Waals surface area contributed by atoms with E-state index < -0.39 is 0 Å². The molecule has 3 aliphatic rings. The van der Waals surface area contributed by atoms with Crippen molar-refractivity contribution in [3.05, 3.63) is 0 Å². The molecule has 3 fully saturated rings. The van der Waals surface area contributed by atoms with Gasteiger partial charge >= 0.3 is 0 Å². The van der Waals surface area contributed by atoms with Crippen molar-refractivity contribution in [2.24, 2.45) is 17.8 Å². The van der Waals surface area contributed by atoms with Crippen molar-refractivity contribution in [1.29, 1.82) is 0 Å². The van der Waals surface area contributed by atoms with Gasteiger partial charge in [0.25, 0.3) is 0 Å². The Balaban J connectivity index is 1.57. The summed E-state index contributed by atoms with van der Waals surface area (Å²) < 4.78 is 0. The van der Waals surface area contributed by atoms with Gasteiger partial charge in [-0.3, -0.25) is 4.79 Å². The SMILES string of the molecule is O=C(NC1(CCl)CCC1)C1C2CCCC21. The van der Waals surface area contributed by atoms with Gasteiger partial charge in [0.05, 0.1) is 5.54 Å². The van der Waals surface area contributed by atoms with E-state index in [1.807, 2.05) is 0 Å². The maximum Gasteiger partial charge on any atom is 0.224 e. The van der Waals surface area contributed by atoms with Crippen molar-refractivity contribution in [2.75, 3.05) is 5.88 Å². The first-order chi connectivity index (χ1) is 7.26. The fourth-order valence-corrected chi connectivity index (χ4v) is 3.78. The standard InChI is InChI=1S/C12H18ClNO/c13-7-12(5-2-6-12)14-11(15)10-8-3-1-4-9(8)10/h8-10H,1-7H2,(H,14,15). The van der Waals surface area contributed by atoms with Crippen LogP contribution >= 0.6 is 11.6 Å². The molecule has 3 aliphatic carbocycles. The Hall–Kier alpha value is -0.240. The predicted octanol–water partition coefficient (Wildman–Crippen LogP) is 2.31. The quantitative estimate of drug-likeness (QED) is 0.737. The summed E-state index contributed by atoms with van der Waals surface area (Å²) in [6, 6.07) is 0. The van der Waals surface area contributed by atoms with Gasteiger partial charge in [-0.05, 0) is 43.9 Å². The van der Waals surface area contributed by atoms with Crippen LogP contribution in [0.3, 0.4) is 0 Å². The van der Waals surface area contributed by atoms with Crippen LogP contribution in [-0.2, 0) is 4.79 Å². The molecule has 1 N–H and O–H groups in total. The number of fused-ring (bicyclic) bond motifs is 1. The summed E-state index contributed by atoms with van der Waals surface area (Å²) in [5.74, 6) is 2.67. The second kappa shape index (κ2) is 3.38. The molecular formula is C12H18ClNO. The van der Waals surface area contributed by atoms with Crippen LogP contribution in [0, 0.1) is 17.8 Å². The minimum atomic E-state index is -0.0322. The number of alkyl halides is 1. The fourth-order valence-electron chi connectivity index (χ4n) is 3.45. The minimum Gasteiger partial charge on any atom is -0.349 e. The normalized spacial score (nSPS) is 40.5. The van der Waals surface area contributed by atoms with Crippen molar-refractivity contribution in [2.45, 2.75) is 44.1 Å². The first-order valence-electron chi connectivity index (χ1n) is 6.14. The average Bonchev–Trinajstić information content (AvgIpc) is 2.67. The minimum absolute atomic E-state index is 0.0322. The molecule has 2 nitrogen and oxygen atoms in total. The first-order valence-corrected chi connectivity index (χ1v) is 6.67. The van der Waals surface area contributed by atoms with Crippen LogP contribution in [0.4, 0.5) is 0 Å². The topological polar surface area (TPSA) is 29.1 Å². The molecule has 15 heavy (non-hydrogen) atoms. The summed E-state index contributed by atoms with van der Waals surface area (Å²) in [5, 5.41) is 3.20. The van der Waals surface area contributed by atoms with Crippen molar-refractivity contribution >= 4 is 17.5 Å². The van der Waals surface area contributed by atoms with Crippen molar-refractivity contribution in [1.82, 2.24) is 5.32 Å². The van der Waals surface area contributed by atoms with Gasteiger partial charge in [-0.15, -0.1) is 11.6 Å². The van der Waals surface area contributed by atoms with E-state index in [0.29, 0.717) is 17.7 Å². The van der Waals surface area contributed by atoms with Crippen LogP contribution in [0.5, 0.6) is 0 Å². The predicted molar refractivity (Wildman–Crippen MR) is 59.8 cm³/mol. The molecule has 3 rings (SSSR count). The van der Waals surface area contributed by atoms with Gasteiger partial charge in [-0.25, -0.2) is 0 Å². The molecule has 0 aromatic rings. The molecule has 2 atom stereocenters. The van der Waals surface area contributed by atoms with E-state index in [1.54, 1.807) is 0 Å². The lowest BCUT2D eigenvalue weighted by Crippen LogP contribution is -2.55. The van der Waals surface area contributed by atoms with Crippen LogP contribution in [0.1, 0.15) is 38.5 Å². The highest BCUT2D eigenvalue weighted by atomic mass is 35.5. The molecule has 0 aliphatic heterocycles. The van der Waals surface area contributed by atoms with Crippen LogP contribution in [0.2, 0.25) is 0 Å². The second-order valence-corrected chi connectivity index (χ2v) is 5.81. The smallest absolute Gasteiger partial charge is 0.224 e. The van der Waals surface area contributed by atoms with Gasteiger partial charge in [0.15, 0.2) is 0 Å². The number of rotatable bonds is 3. The molecule has 3 saturated carbocycles. The maximum absolute atomic E-state index is 12.0. The van der Waals surface area contributed by atoms with E-state index in [2.05, 4.69) is 5.32 Å². The van der Waals surface area contributed by atoms with Gasteiger partial charge in [0, 0.05) is 11.8 Å². The zero-order valence-electron chi connectivity index (χ0n) is 8.97. The first kappa shape index (κ1) is 9.95. The Morgan fingerprint density at radius 1 is 1.27 bits per heavy atom. The molecule has 84 valence electrons. The molecule has 1 amide bonds. The van der Waals surface area contributed by atoms with E-state index in [4.69, 9.17) is 11.6 Å². The van der Waals surface area contributed by atoms with Gasteiger partial charge in [-0.2, -0.15) is 0 Å². The van der Waals surface area contributed by atoms with Crippen molar-refractivity contribution in [3.63, 3.8) is 0 Å². The van der Waals surface area contributed by atoms with Crippen molar-refractivity contribution < 1.29 is 4.79 Å². The number of hydrogen-bond acceptors (Lipinski definition) is 1. The summed E-state index contributed by atoms with van der Waals surface area (Å²) >= 11 is 5.94. The lowest BCUT2D eigenvalue weighted by Gasteiger charge is -2.41. The number of halogens is 1. The summed E-state index contributed by atoms with van der Waals surface area (Å²) in [4.78, 5) is 12.0. The molecule has 0 radical (unpaired) electrons. The highest BCUT2D eigenvalue weighted by molar-refractivity contribution is 6.18. The number of nitrogens with one attached hydrogen (secondary N) is 1. The lowest BCUT2D eigenvalue weighted by atomic mass is 9.78. The van der Waals surface area contributed by atoms with Crippen LogP contribution in [0.15, 0.2) is 0 Å². The van der Waals surface area contributed by atoms with Crippen LogP contribution in [-0.4, -0.2) is 17.3 Å². The summed E-state index contributed by atoms with van der Waals surface area (Å²) in [6.07, 6.45) is 7.24. The van der Waals surface area contributed by atoms with E-state index in [-0.39, 0.29) is 5.54 Å². The summed E-state index contributed by atoms with van der Waals surface area (Å²) in [6.45, 7) is 0. The highest BCUT2D eigenvalue weighted by Gasteiger charge is 2.57. The number of carbonyl (C=O) groups excluding carboxylic acids is 1. The van der Waals surface area contributed by atoms with Gasteiger partial charge in [0.2, 0.25) is 5.91 Å². The maximum atomic E-state index is 12.0. The van der Waals surface area contributed by atoms with E-state index in [1.165, 1.54) is 25.7 Å². The van der Waals surface area contributed by atoms with E-state index in [9.17, 15) is 4.79 Å². The molecular weight excluding hydrogens is 210 g/mol. The van der Waals surface area contributed by atoms with Gasteiger partial charge in [-0.1, -0.05) is 6.42 Å². The van der Waals surface area contributed by atoms with Gasteiger partial charge in [0.1, 0.15) is 0 Å². The third-order valence-corrected chi connectivity index (χ3v) is 5.18. The molecule has 0 heterocycles. The molecule has 2 unspecified atom stereocenters. The number of hydrogen-bond donors (Lipinski definition) is 1. The van der Waals surface area contributed by atoms with E-state index in [0.717, 1.165) is 24.7 Å². The van der Waals surface area contributed by atoms with Crippen molar-refractivity contribution in [3.8, 4) is 0 Å². The summed E-state index contributed by atoms with van der Waals surface area (Å²) in [5.41, 5.74) is -0.0322. The third kappa shape index (κ3) is 1.49. The Kier molecular flexibility index (Phi) is 2.24. The van der Waals surface area contributed by atoms with E-state index >= 15 is 0 Å². The zero-order chi connectivity index (χ0) is 10.5. The number of amides is 1. The number of carbonyl (C=O) groups is 1. The Labute approximate surface area is 95.8 Å². The lowest BCUT2D eigenvalue weighted by molar-refractivity contribution is -0.125. The molecule has 0 aromatic heterocycles. The molecule has 3 heteroatoms. The third-order valence-electron chi connectivity index (χ3n) is 4.66. The Morgan fingerprint density at radius 3 is 2.40 bits per heavy atom. The Bertz CT molecular complexity index is 272. The van der Waals surface area contributed by atoms with Crippen LogP contribution < -0.4 is 5.32 Å². The molecule has 0 saturated heterocycles. The summed E-state index contributed by atoms with van der Waals surface area (Å²) in [7, 11) is 0. The van der Waals surface area contributed by atoms with Crippen LogP contribution in [0.25, 0.3) is 0 Å². The average molecular weight is 228 g/mol. The molecule has 0 spiro atoms. The second-order valence-electron chi connectivity index (χ2n) is 5.54. The fraction of sp³-hybridized carbons (Fsp3) is 0.917. The highest BCUT2D eigenvalue weighted by Crippen LogP contribution is 2.57. The molecule has 0 bridgehead atoms.